The van der Waals surface area contributed by atoms with Crippen molar-refractivity contribution in [2.45, 2.75) is 0 Å². The minimum atomic E-state index is 0.152. The molecule has 2 aromatic rings. The van der Waals surface area contributed by atoms with Crippen molar-refractivity contribution in [3.05, 3.63) is 42.5 Å². The first-order chi connectivity index (χ1) is 9.83. The molecule has 0 spiro atoms. The zero-order valence-corrected chi connectivity index (χ0v) is 11.6. The van der Waals surface area contributed by atoms with Crippen LogP contribution in [0.3, 0.4) is 0 Å². The molecule has 0 aliphatic carbocycles. The molecule has 0 bridgehead atoms. The Bertz CT molecular complexity index is 723. The topological polar surface area (TPSA) is 35.9 Å². The second-order valence-corrected chi connectivity index (χ2v) is 5.81. The number of carbonyl (C=O) groups is 1. The van der Waals surface area contributed by atoms with Gasteiger partial charge in [0.05, 0.1) is 5.75 Å². The molecule has 0 unspecified atom stereocenters. The second kappa shape index (κ2) is 4.52. The van der Waals surface area contributed by atoms with Gasteiger partial charge < -0.3 is 4.90 Å². The van der Waals surface area contributed by atoms with Gasteiger partial charge in [0.1, 0.15) is 13.3 Å². The third kappa shape index (κ3) is 1.78. The maximum atomic E-state index is 11.8. The van der Waals surface area contributed by atoms with Crippen LogP contribution >= 0.6 is 11.8 Å². The van der Waals surface area contributed by atoms with E-state index >= 15 is 0 Å². The molecule has 100 valence electrons. The van der Waals surface area contributed by atoms with Crippen molar-refractivity contribution in [1.82, 2.24) is 4.90 Å². The SMILES string of the molecule is O=C1CSC2=NCN(c3cccc4ccccc34)CN12. The summed E-state index contributed by atoms with van der Waals surface area (Å²) in [7, 11) is 0. The molecule has 0 radical (unpaired) electrons. The van der Waals surface area contributed by atoms with Crippen LogP contribution in [0.25, 0.3) is 10.8 Å². The van der Waals surface area contributed by atoms with Crippen molar-refractivity contribution < 1.29 is 4.79 Å². The van der Waals surface area contributed by atoms with Crippen molar-refractivity contribution in [3.8, 4) is 0 Å². The van der Waals surface area contributed by atoms with E-state index in [2.05, 4.69) is 40.2 Å². The van der Waals surface area contributed by atoms with Crippen molar-refractivity contribution >= 4 is 39.3 Å². The maximum Gasteiger partial charge on any atom is 0.240 e. The van der Waals surface area contributed by atoms with Crippen molar-refractivity contribution in [1.29, 1.82) is 0 Å². The van der Waals surface area contributed by atoms with Gasteiger partial charge >= 0.3 is 0 Å². The van der Waals surface area contributed by atoms with E-state index in [0.29, 0.717) is 19.1 Å². The highest BCUT2D eigenvalue weighted by Crippen LogP contribution is 2.30. The number of amidine groups is 1. The van der Waals surface area contributed by atoms with Crippen LogP contribution in [0.4, 0.5) is 5.69 Å². The number of amides is 1. The summed E-state index contributed by atoms with van der Waals surface area (Å²) in [6, 6.07) is 14.6. The van der Waals surface area contributed by atoms with E-state index in [4.69, 9.17) is 0 Å². The standard InChI is InChI=1S/C15H13N3OS/c19-14-8-20-15-16-9-17(10-18(14)15)13-7-3-5-11-4-1-2-6-12(11)13/h1-7H,8-10H2. The smallest absolute Gasteiger partial charge is 0.240 e. The summed E-state index contributed by atoms with van der Waals surface area (Å²) in [5, 5.41) is 3.28. The minimum absolute atomic E-state index is 0.152. The van der Waals surface area contributed by atoms with E-state index in [1.165, 1.54) is 22.5 Å². The molecule has 0 saturated carbocycles. The highest BCUT2D eigenvalue weighted by molar-refractivity contribution is 8.15. The van der Waals surface area contributed by atoms with Gasteiger partial charge in [-0.05, 0) is 11.5 Å². The lowest BCUT2D eigenvalue weighted by atomic mass is 10.1. The fourth-order valence-electron chi connectivity index (χ4n) is 2.66. The Hall–Kier alpha value is -2.01. The molecule has 0 atom stereocenters. The Balaban J connectivity index is 1.76. The average Bonchev–Trinajstić information content (AvgIpc) is 2.88. The van der Waals surface area contributed by atoms with Gasteiger partial charge in [0, 0.05) is 11.1 Å². The number of thioether (sulfide) groups is 1. The minimum Gasteiger partial charge on any atom is -0.333 e. The molecule has 1 amide bonds. The summed E-state index contributed by atoms with van der Waals surface area (Å²) < 4.78 is 0. The highest BCUT2D eigenvalue weighted by Gasteiger charge is 2.32. The van der Waals surface area contributed by atoms with Crippen LogP contribution < -0.4 is 4.90 Å². The summed E-state index contributed by atoms with van der Waals surface area (Å²) in [6.45, 7) is 1.21. The Labute approximate surface area is 121 Å². The van der Waals surface area contributed by atoms with Crippen LogP contribution in [0.5, 0.6) is 0 Å². The van der Waals surface area contributed by atoms with Gasteiger partial charge in [-0.2, -0.15) is 0 Å². The first-order valence-electron chi connectivity index (χ1n) is 6.53. The number of hydrogen-bond acceptors (Lipinski definition) is 4. The summed E-state index contributed by atoms with van der Waals surface area (Å²) in [4.78, 5) is 20.3. The number of carbonyl (C=O) groups excluding carboxylic acids is 1. The third-order valence-electron chi connectivity index (χ3n) is 3.65. The van der Waals surface area contributed by atoms with Crippen molar-refractivity contribution in [2.24, 2.45) is 4.99 Å². The number of anilines is 1. The molecular formula is C15H13N3OS. The molecule has 5 heteroatoms. The van der Waals surface area contributed by atoms with E-state index in [-0.39, 0.29) is 5.91 Å². The van der Waals surface area contributed by atoms with Crippen LogP contribution in [-0.2, 0) is 4.79 Å². The summed E-state index contributed by atoms with van der Waals surface area (Å²) in [5.74, 6) is 0.668. The second-order valence-electron chi connectivity index (χ2n) is 4.87. The molecule has 1 saturated heterocycles. The van der Waals surface area contributed by atoms with Gasteiger partial charge in [-0.1, -0.05) is 48.2 Å². The van der Waals surface area contributed by atoms with E-state index in [0.717, 1.165) is 10.9 Å². The Kier molecular flexibility index (Phi) is 2.67. The van der Waals surface area contributed by atoms with E-state index < -0.39 is 0 Å². The third-order valence-corrected chi connectivity index (χ3v) is 4.65. The van der Waals surface area contributed by atoms with E-state index in [1.54, 1.807) is 4.90 Å². The Morgan fingerprint density at radius 2 is 1.95 bits per heavy atom. The van der Waals surface area contributed by atoms with Crippen LogP contribution in [-0.4, -0.2) is 35.1 Å². The number of hydrogen-bond donors (Lipinski definition) is 0. The van der Waals surface area contributed by atoms with E-state index in [1.807, 2.05) is 12.1 Å². The molecule has 2 aromatic carbocycles. The summed E-state index contributed by atoms with van der Waals surface area (Å²) in [5.41, 5.74) is 1.13. The van der Waals surface area contributed by atoms with Crippen molar-refractivity contribution in [3.63, 3.8) is 0 Å². The predicted octanol–water partition coefficient (Wildman–Crippen LogP) is 2.51. The summed E-state index contributed by atoms with van der Waals surface area (Å²) >= 11 is 1.53. The lowest BCUT2D eigenvalue weighted by Crippen LogP contribution is -2.45. The van der Waals surface area contributed by atoms with Gasteiger partial charge in [0.2, 0.25) is 5.91 Å². The first kappa shape index (κ1) is 11.8. The normalized spacial score (nSPS) is 18.4. The largest absolute Gasteiger partial charge is 0.333 e. The zero-order chi connectivity index (χ0) is 13.5. The molecule has 0 N–H and O–H groups in total. The molecule has 2 aliphatic heterocycles. The molecule has 2 aliphatic rings. The van der Waals surface area contributed by atoms with Crippen LogP contribution in [0.1, 0.15) is 0 Å². The fraction of sp³-hybridized carbons (Fsp3) is 0.200. The monoisotopic (exact) mass is 283 g/mol. The molecule has 2 heterocycles. The number of nitrogens with zero attached hydrogens (tertiary/aromatic N) is 3. The maximum absolute atomic E-state index is 11.8. The number of fused-ring (bicyclic) bond motifs is 2. The van der Waals surface area contributed by atoms with Gasteiger partial charge in [-0.25, -0.2) is 4.99 Å². The van der Waals surface area contributed by atoms with Gasteiger partial charge in [0.15, 0.2) is 5.17 Å². The predicted molar refractivity (Wildman–Crippen MR) is 82.9 cm³/mol. The molecule has 4 rings (SSSR count). The van der Waals surface area contributed by atoms with Crippen LogP contribution in [0.2, 0.25) is 0 Å². The zero-order valence-electron chi connectivity index (χ0n) is 10.8. The van der Waals surface area contributed by atoms with E-state index in [9.17, 15) is 4.79 Å². The number of aliphatic imine (C=N–C) groups is 1. The Morgan fingerprint density at radius 3 is 2.90 bits per heavy atom. The van der Waals surface area contributed by atoms with Crippen LogP contribution in [0.15, 0.2) is 47.5 Å². The number of benzene rings is 2. The molecule has 4 nitrogen and oxygen atoms in total. The molecule has 0 aromatic heterocycles. The van der Waals surface area contributed by atoms with Gasteiger partial charge in [-0.15, -0.1) is 0 Å². The Morgan fingerprint density at radius 1 is 1.10 bits per heavy atom. The molecule has 20 heavy (non-hydrogen) atoms. The first-order valence-corrected chi connectivity index (χ1v) is 7.52. The summed E-state index contributed by atoms with van der Waals surface area (Å²) in [6.07, 6.45) is 0. The quantitative estimate of drug-likeness (QED) is 0.807. The highest BCUT2D eigenvalue weighted by atomic mass is 32.2. The van der Waals surface area contributed by atoms with Gasteiger partial charge in [-0.3, -0.25) is 9.69 Å². The van der Waals surface area contributed by atoms with Gasteiger partial charge in [0.25, 0.3) is 0 Å². The lowest BCUT2D eigenvalue weighted by molar-refractivity contribution is -0.124. The van der Waals surface area contributed by atoms with Crippen LogP contribution in [0, 0.1) is 0 Å². The van der Waals surface area contributed by atoms with Crippen molar-refractivity contribution in [2.75, 3.05) is 24.0 Å². The number of rotatable bonds is 1. The fourth-order valence-corrected chi connectivity index (χ4v) is 3.53. The average molecular weight is 283 g/mol. The molecular weight excluding hydrogens is 270 g/mol. The lowest BCUT2D eigenvalue weighted by Gasteiger charge is -2.32. The molecule has 1 fully saturated rings.